The molecule has 8 nitrogen and oxygen atoms in total. The van der Waals surface area contributed by atoms with E-state index in [-0.39, 0.29) is 40.9 Å². The maximum atomic E-state index is 12.8. The molecule has 0 fully saturated rings. The second kappa shape index (κ2) is 11.0. The Kier molecular flexibility index (Phi) is 8.35. The van der Waals surface area contributed by atoms with Crippen LogP contribution in [0, 0.1) is 10.1 Å². The van der Waals surface area contributed by atoms with Gasteiger partial charge >= 0.3 is 5.88 Å². The van der Waals surface area contributed by atoms with Crippen molar-refractivity contribution in [3.05, 3.63) is 75.8 Å². The van der Waals surface area contributed by atoms with E-state index in [0.717, 1.165) is 21.6 Å². The molecular weight excluding hydrogens is 559 g/mol. The average Bonchev–Trinajstić information content (AvgIpc) is 3.44. The van der Waals surface area contributed by atoms with Crippen molar-refractivity contribution in [2.45, 2.75) is 36.0 Å². The predicted molar refractivity (Wildman–Crippen MR) is 117 cm³/mol. The molecule has 1 aliphatic rings. The second-order valence-corrected chi connectivity index (χ2v) is 8.77. The number of hydrogen-bond acceptors (Lipinski definition) is 7. The highest BCUT2D eigenvalue weighted by Gasteiger charge is 2.29. The van der Waals surface area contributed by atoms with Crippen molar-refractivity contribution >= 4 is 23.4 Å². The van der Waals surface area contributed by atoms with Crippen LogP contribution in [0.3, 0.4) is 0 Å². The van der Waals surface area contributed by atoms with Gasteiger partial charge in [-0.05, 0) is 36.1 Å². The zero-order chi connectivity index (χ0) is 22.7. The maximum absolute atomic E-state index is 12.8. The lowest BCUT2D eigenvalue weighted by Crippen LogP contribution is -3.00. The molecule has 1 aromatic carbocycles. The first-order chi connectivity index (χ1) is 15.5. The normalized spacial score (nSPS) is 14.3. The van der Waals surface area contributed by atoms with Crippen LogP contribution in [0.2, 0.25) is 0 Å². The summed E-state index contributed by atoms with van der Waals surface area (Å²) in [6, 6.07) is 9.25. The number of pyridine rings is 1. The average molecular weight is 582 g/mol. The molecule has 174 valence electrons. The van der Waals surface area contributed by atoms with E-state index in [2.05, 4.69) is 0 Å². The van der Waals surface area contributed by atoms with Gasteiger partial charge in [-0.1, -0.05) is 0 Å². The number of ether oxygens (including phenoxy) is 2. The number of carbonyl (C=O) groups excluding carboxylic acids is 1. The van der Waals surface area contributed by atoms with Gasteiger partial charge in [0.1, 0.15) is 17.0 Å². The Labute approximate surface area is 212 Å². The minimum Gasteiger partial charge on any atom is -1.00 e. The van der Waals surface area contributed by atoms with Gasteiger partial charge in [-0.15, -0.1) is 11.8 Å². The van der Waals surface area contributed by atoms with E-state index in [4.69, 9.17) is 13.9 Å². The first-order valence-electron chi connectivity index (χ1n) is 10.1. The SMILES string of the molecule is COc1cc2c(cc1OC)SC(C(=O)CCc1cc[n+](Cc3coc([N+](=O)[O-])c3)cc1)C2.[I-]. The maximum Gasteiger partial charge on any atom is 0.433 e. The standard InChI is InChI=1S/C23H23N2O6S.HI/c1-29-19-10-17-11-22(32-21(17)12-20(19)30-2)18(26)4-3-15-5-7-24(8-6-15)13-16-9-23(25(27)28)31-14-16;/h5-10,12,14,22H,3-4,11,13H2,1-2H3;1H/q+1;/p-1. The van der Waals surface area contributed by atoms with Gasteiger partial charge in [-0.25, -0.2) is 4.57 Å². The minimum atomic E-state index is -0.553. The third kappa shape index (κ3) is 5.85. The summed E-state index contributed by atoms with van der Waals surface area (Å²) in [6.45, 7) is 0.473. The molecule has 0 saturated carbocycles. The Morgan fingerprint density at radius 1 is 1.18 bits per heavy atom. The summed E-state index contributed by atoms with van der Waals surface area (Å²) >= 11 is 1.59. The van der Waals surface area contributed by atoms with Crippen molar-refractivity contribution in [3.63, 3.8) is 0 Å². The van der Waals surface area contributed by atoms with Gasteiger partial charge in [-0.2, -0.15) is 0 Å². The Morgan fingerprint density at radius 2 is 1.88 bits per heavy atom. The molecule has 1 aliphatic heterocycles. The summed E-state index contributed by atoms with van der Waals surface area (Å²) in [6.07, 6.45) is 7.02. The van der Waals surface area contributed by atoms with E-state index in [9.17, 15) is 14.9 Å². The van der Waals surface area contributed by atoms with E-state index in [0.29, 0.717) is 37.3 Å². The van der Waals surface area contributed by atoms with E-state index < -0.39 is 4.92 Å². The zero-order valence-corrected chi connectivity index (χ0v) is 21.1. The van der Waals surface area contributed by atoms with Crippen LogP contribution in [0.25, 0.3) is 0 Å². The van der Waals surface area contributed by atoms with Gasteiger partial charge in [0.25, 0.3) is 0 Å². The number of aromatic nitrogens is 1. The van der Waals surface area contributed by atoms with E-state index in [1.165, 1.54) is 12.3 Å². The van der Waals surface area contributed by atoms with Crippen molar-refractivity contribution < 1.29 is 52.2 Å². The lowest BCUT2D eigenvalue weighted by Gasteiger charge is -2.09. The highest BCUT2D eigenvalue weighted by molar-refractivity contribution is 8.01. The summed E-state index contributed by atoms with van der Waals surface area (Å²) < 4.78 is 17.6. The summed E-state index contributed by atoms with van der Waals surface area (Å²) in [4.78, 5) is 24.0. The van der Waals surface area contributed by atoms with Crippen LogP contribution in [0.5, 0.6) is 11.5 Å². The molecule has 1 atom stereocenters. The number of furan rings is 1. The van der Waals surface area contributed by atoms with Crippen molar-refractivity contribution in [2.75, 3.05) is 14.2 Å². The van der Waals surface area contributed by atoms with Crippen molar-refractivity contribution in [2.24, 2.45) is 0 Å². The van der Waals surface area contributed by atoms with Gasteiger partial charge in [0, 0.05) is 23.4 Å². The number of ketones is 1. The molecule has 0 bridgehead atoms. The number of methoxy groups -OCH3 is 2. The number of Topliss-reactive ketones (excluding diaryl/α,β-unsaturated/α-hetero) is 1. The number of benzene rings is 1. The molecule has 0 saturated heterocycles. The topological polar surface area (TPSA) is 95.7 Å². The molecule has 0 spiro atoms. The number of halogens is 1. The number of carbonyl (C=O) groups is 1. The second-order valence-electron chi connectivity index (χ2n) is 7.52. The molecular formula is C23H23IN2O6S. The van der Waals surface area contributed by atoms with Crippen LogP contribution in [-0.2, 0) is 24.2 Å². The first kappa shape index (κ1) is 25.0. The minimum absolute atomic E-state index is 0. The highest BCUT2D eigenvalue weighted by atomic mass is 127. The van der Waals surface area contributed by atoms with Gasteiger partial charge in [0.2, 0.25) is 0 Å². The molecule has 3 heterocycles. The fourth-order valence-corrected chi connectivity index (χ4v) is 4.97. The molecule has 2 aromatic heterocycles. The fourth-order valence-electron chi connectivity index (χ4n) is 3.69. The Balaban J connectivity index is 0.00000306. The Morgan fingerprint density at radius 3 is 2.52 bits per heavy atom. The largest absolute Gasteiger partial charge is 1.00 e. The molecule has 0 N–H and O–H groups in total. The van der Waals surface area contributed by atoms with Crippen molar-refractivity contribution in [1.82, 2.24) is 0 Å². The third-order valence-corrected chi connectivity index (χ3v) is 6.75. The number of aryl methyl sites for hydroxylation is 1. The first-order valence-corrected chi connectivity index (χ1v) is 11.0. The molecule has 1 unspecified atom stereocenters. The van der Waals surface area contributed by atoms with Crippen LogP contribution in [-0.4, -0.2) is 30.2 Å². The van der Waals surface area contributed by atoms with Gasteiger partial charge in [-0.3, -0.25) is 14.9 Å². The Bertz CT molecular complexity index is 1120. The zero-order valence-electron chi connectivity index (χ0n) is 18.2. The summed E-state index contributed by atoms with van der Waals surface area (Å²) in [5.74, 6) is 1.32. The fraction of sp³-hybridized carbons (Fsp3) is 0.304. The lowest BCUT2D eigenvalue weighted by atomic mass is 10.0. The quantitative estimate of drug-likeness (QED) is 0.159. The molecule has 33 heavy (non-hydrogen) atoms. The predicted octanol–water partition coefficient (Wildman–Crippen LogP) is 0.763. The van der Waals surface area contributed by atoms with E-state index >= 15 is 0 Å². The van der Waals surface area contributed by atoms with Gasteiger partial charge in [0.05, 0.1) is 31.1 Å². The van der Waals surface area contributed by atoms with Crippen molar-refractivity contribution in [3.8, 4) is 11.5 Å². The monoisotopic (exact) mass is 582 g/mol. The van der Waals surface area contributed by atoms with E-state index in [1.54, 1.807) is 26.0 Å². The summed E-state index contributed by atoms with van der Waals surface area (Å²) in [7, 11) is 3.21. The number of nitro groups is 1. The smallest absolute Gasteiger partial charge is 0.433 e. The number of nitrogens with zero attached hydrogens (tertiary/aromatic N) is 2. The highest BCUT2D eigenvalue weighted by Crippen LogP contribution is 2.43. The van der Waals surface area contributed by atoms with Gasteiger partial charge < -0.3 is 37.9 Å². The summed E-state index contributed by atoms with van der Waals surface area (Å²) in [5, 5.41) is 10.6. The van der Waals surface area contributed by atoms with E-state index in [1.807, 2.05) is 41.2 Å². The third-order valence-electron chi connectivity index (χ3n) is 5.41. The molecule has 0 aliphatic carbocycles. The van der Waals surface area contributed by atoms with Crippen LogP contribution >= 0.6 is 11.8 Å². The molecule has 4 rings (SSSR count). The number of thioether (sulfide) groups is 1. The Hall–Kier alpha value is -2.60. The van der Waals surface area contributed by atoms with Crippen molar-refractivity contribution in [1.29, 1.82) is 0 Å². The van der Waals surface area contributed by atoms with Crippen LogP contribution < -0.4 is 38.0 Å². The number of rotatable bonds is 9. The molecule has 10 heteroatoms. The molecule has 3 aromatic rings. The number of hydrogen-bond donors (Lipinski definition) is 0. The van der Waals surface area contributed by atoms with Crippen LogP contribution in [0.15, 0.2) is 58.3 Å². The molecule has 0 amide bonds. The van der Waals surface area contributed by atoms with Crippen LogP contribution in [0.4, 0.5) is 5.88 Å². The van der Waals surface area contributed by atoms with Gasteiger partial charge in [0.15, 0.2) is 30.4 Å². The van der Waals surface area contributed by atoms with Crippen LogP contribution in [0.1, 0.15) is 23.1 Å². The number of fused-ring (bicyclic) bond motifs is 1. The molecule has 0 radical (unpaired) electrons. The lowest BCUT2D eigenvalue weighted by molar-refractivity contribution is -0.688. The summed E-state index contributed by atoms with van der Waals surface area (Å²) in [5.41, 5.74) is 2.90.